The number of carbonyl (C=O) groups is 1. The van der Waals surface area contributed by atoms with Gasteiger partial charge in [0.1, 0.15) is 5.60 Å². The van der Waals surface area contributed by atoms with Gasteiger partial charge in [-0.05, 0) is 29.9 Å². The second-order valence-corrected chi connectivity index (χ2v) is 4.36. The number of benzene rings is 1. The molecule has 4 heteroatoms. The van der Waals surface area contributed by atoms with Crippen molar-refractivity contribution in [1.29, 1.82) is 0 Å². The Labute approximate surface area is 105 Å². The van der Waals surface area contributed by atoms with Crippen molar-refractivity contribution in [2.24, 2.45) is 0 Å². The minimum Gasteiger partial charge on any atom is -0.377 e. The standard InChI is InChI=1S/C14H15NO3/c1-11(16)15-14(18)9-7-13(17,8-10-14)12-5-3-2-4-6-12/h2-10,17-18H,1H3,(H,15,16). The highest BCUT2D eigenvalue weighted by atomic mass is 16.3. The molecule has 1 aromatic rings. The second-order valence-electron chi connectivity index (χ2n) is 4.36. The van der Waals surface area contributed by atoms with Crippen LogP contribution in [0.4, 0.5) is 0 Å². The van der Waals surface area contributed by atoms with Gasteiger partial charge in [-0.15, -0.1) is 0 Å². The second kappa shape index (κ2) is 4.40. The molecule has 0 unspecified atom stereocenters. The van der Waals surface area contributed by atoms with Gasteiger partial charge in [-0.3, -0.25) is 4.79 Å². The van der Waals surface area contributed by atoms with Crippen LogP contribution in [0.25, 0.3) is 0 Å². The molecule has 0 saturated heterocycles. The van der Waals surface area contributed by atoms with E-state index in [-0.39, 0.29) is 5.91 Å². The predicted octanol–water partition coefficient (Wildman–Crippen LogP) is 0.825. The number of aliphatic hydroxyl groups is 2. The first-order valence-corrected chi connectivity index (χ1v) is 5.63. The summed E-state index contributed by atoms with van der Waals surface area (Å²) in [6.45, 7) is 1.32. The Bertz CT molecular complexity index is 491. The third-order valence-corrected chi connectivity index (χ3v) is 2.80. The summed E-state index contributed by atoms with van der Waals surface area (Å²) in [7, 11) is 0. The molecule has 3 N–H and O–H groups in total. The van der Waals surface area contributed by atoms with Crippen LogP contribution in [0, 0.1) is 0 Å². The summed E-state index contributed by atoms with van der Waals surface area (Å²) in [5, 5.41) is 22.8. The molecular formula is C14H15NO3. The minimum atomic E-state index is -1.53. The monoisotopic (exact) mass is 245 g/mol. The van der Waals surface area contributed by atoms with Crippen LogP contribution >= 0.6 is 0 Å². The fourth-order valence-electron chi connectivity index (χ4n) is 1.88. The number of nitrogens with one attached hydrogen (secondary N) is 1. The van der Waals surface area contributed by atoms with Crippen LogP contribution in [-0.2, 0) is 10.4 Å². The van der Waals surface area contributed by atoms with E-state index in [1.165, 1.54) is 31.2 Å². The zero-order valence-corrected chi connectivity index (χ0v) is 10.00. The molecule has 94 valence electrons. The highest BCUT2D eigenvalue weighted by molar-refractivity contribution is 5.74. The van der Waals surface area contributed by atoms with Crippen molar-refractivity contribution in [3.05, 3.63) is 60.2 Å². The van der Waals surface area contributed by atoms with Gasteiger partial charge in [-0.1, -0.05) is 30.3 Å². The van der Waals surface area contributed by atoms with Crippen molar-refractivity contribution in [2.75, 3.05) is 0 Å². The van der Waals surface area contributed by atoms with Crippen molar-refractivity contribution in [3.63, 3.8) is 0 Å². The molecular weight excluding hydrogens is 230 g/mol. The lowest BCUT2D eigenvalue weighted by Gasteiger charge is -2.31. The topological polar surface area (TPSA) is 69.6 Å². The summed E-state index contributed by atoms with van der Waals surface area (Å²) in [4.78, 5) is 10.9. The lowest BCUT2D eigenvalue weighted by molar-refractivity contribution is -0.122. The molecule has 0 aliphatic heterocycles. The molecule has 0 spiro atoms. The molecule has 0 saturated carbocycles. The average Bonchev–Trinajstić information content (AvgIpc) is 2.34. The normalized spacial score (nSPS) is 30.2. The Balaban J connectivity index is 2.25. The molecule has 0 aromatic heterocycles. The van der Waals surface area contributed by atoms with Gasteiger partial charge in [-0.25, -0.2) is 0 Å². The molecule has 1 aliphatic carbocycles. The Hall–Kier alpha value is -1.91. The van der Waals surface area contributed by atoms with Crippen LogP contribution in [0.15, 0.2) is 54.6 Å². The summed E-state index contributed by atoms with van der Waals surface area (Å²) in [6, 6.07) is 9.08. The first-order chi connectivity index (χ1) is 8.44. The van der Waals surface area contributed by atoms with Crippen LogP contribution in [0.2, 0.25) is 0 Å². The fourth-order valence-corrected chi connectivity index (χ4v) is 1.88. The van der Waals surface area contributed by atoms with E-state index in [2.05, 4.69) is 5.32 Å². The zero-order chi connectivity index (χ0) is 13.2. The van der Waals surface area contributed by atoms with E-state index < -0.39 is 11.3 Å². The average molecular weight is 245 g/mol. The predicted molar refractivity (Wildman–Crippen MR) is 67.4 cm³/mol. The number of carbonyl (C=O) groups excluding carboxylic acids is 1. The van der Waals surface area contributed by atoms with E-state index in [1.54, 1.807) is 12.1 Å². The molecule has 4 nitrogen and oxygen atoms in total. The van der Waals surface area contributed by atoms with E-state index in [0.717, 1.165) is 0 Å². The Morgan fingerprint density at radius 3 is 2.11 bits per heavy atom. The van der Waals surface area contributed by atoms with E-state index >= 15 is 0 Å². The van der Waals surface area contributed by atoms with E-state index in [4.69, 9.17) is 0 Å². The van der Waals surface area contributed by atoms with E-state index in [1.807, 2.05) is 18.2 Å². The fraction of sp³-hybridized carbons (Fsp3) is 0.214. The van der Waals surface area contributed by atoms with E-state index in [0.29, 0.717) is 5.56 Å². The highest BCUT2D eigenvalue weighted by Gasteiger charge is 2.32. The van der Waals surface area contributed by atoms with Crippen LogP contribution < -0.4 is 5.32 Å². The van der Waals surface area contributed by atoms with Crippen LogP contribution in [-0.4, -0.2) is 21.8 Å². The summed E-state index contributed by atoms with van der Waals surface area (Å²) in [5.41, 5.74) is -2.10. The number of rotatable bonds is 2. The maximum atomic E-state index is 10.9. The van der Waals surface area contributed by atoms with Gasteiger partial charge in [0.25, 0.3) is 0 Å². The Kier molecular flexibility index (Phi) is 3.07. The first kappa shape index (κ1) is 12.5. The number of hydrogen-bond donors (Lipinski definition) is 3. The van der Waals surface area contributed by atoms with Gasteiger partial charge >= 0.3 is 0 Å². The largest absolute Gasteiger partial charge is 0.377 e. The molecule has 0 fully saturated rings. The maximum Gasteiger partial charge on any atom is 0.219 e. The molecule has 1 aromatic carbocycles. The van der Waals surface area contributed by atoms with Crippen molar-refractivity contribution in [3.8, 4) is 0 Å². The highest BCUT2D eigenvalue weighted by Crippen LogP contribution is 2.29. The first-order valence-electron chi connectivity index (χ1n) is 5.63. The smallest absolute Gasteiger partial charge is 0.219 e. The number of hydrogen-bond acceptors (Lipinski definition) is 3. The van der Waals surface area contributed by atoms with Gasteiger partial charge in [0.2, 0.25) is 5.91 Å². The minimum absolute atomic E-state index is 0.350. The maximum absolute atomic E-state index is 10.9. The van der Waals surface area contributed by atoms with Crippen molar-refractivity contribution < 1.29 is 15.0 Å². The Morgan fingerprint density at radius 2 is 1.61 bits per heavy atom. The van der Waals surface area contributed by atoms with Crippen molar-refractivity contribution in [2.45, 2.75) is 18.2 Å². The molecule has 0 heterocycles. The van der Waals surface area contributed by atoms with Gasteiger partial charge in [0, 0.05) is 6.92 Å². The summed E-state index contributed by atoms with van der Waals surface area (Å²) >= 11 is 0. The van der Waals surface area contributed by atoms with Gasteiger partial charge in [0.15, 0.2) is 5.72 Å². The van der Waals surface area contributed by atoms with Gasteiger partial charge < -0.3 is 15.5 Å². The van der Waals surface area contributed by atoms with Gasteiger partial charge in [-0.2, -0.15) is 0 Å². The quantitative estimate of drug-likeness (QED) is 0.534. The summed E-state index contributed by atoms with van der Waals surface area (Å²) in [5.74, 6) is -0.350. The third kappa shape index (κ3) is 2.50. The zero-order valence-electron chi connectivity index (χ0n) is 10.00. The molecule has 1 amide bonds. The molecule has 1 aliphatic rings. The molecule has 0 bridgehead atoms. The molecule has 0 atom stereocenters. The molecule has 2 rings (SSSR count). The van der Waals surface area contributed by atoms with E-state index in [9.17, 15) is 15.0 Å². The lowest BCUT2D eigenvalue weighted by Crippen LogP contribution is -2.46. The van der Waals surface area contributed by atoms with Gasteiger partial charge in [0.05, 0.1) is 0 Å². The number of amides is 1. The lowest BCUT2D eigenvalue weighted by atomic mass is 9.87. The van der Waals surface area contributed by atoms with Crippen molar-refractivity contribution >= 4 is 5.91 Å². The van der Waals surface area contributed by atoms with Crippen LogP contribution in [0.3, 0.4) is 0 Å². The Morgan fingerprint density at radius 1 is 1.06 bits per heavy atom. The summed E-state index contributed by atoms with van der Waals surface area (Å²) < 4.78 is 0. The SMILES string of the molecule is CC(=O)NC1(O)C=CC(O)(c2ccccc2)C=C1. The third-order valence-electron chi connectivity index (χ3n) is 2.80. The van der Waals surface area contributed by atoms with Crippen molar-refractivity contribution in [1.82, 2.24) is 5.32 Å². The van der Waals surface area contributed by atoms with Crippen LogP contribution in [0.5, 0.6) is 0 Å². The van der Waals surface area contributed by atoms with Crippen LogP contribution in [0.1, 0.15) is 12.5 Å². The molecule has 0 radical (unpaired) electrons. The summed E-state index contributed by atoms with van der Waals surface area (Å²) in [6.07, 6.45) is 5.64. The molecule has 18 heavy (non-hydrogen) atoms.